The molecule has 1 fully saturated rings. The van der Waals surface area contributed by atoms with Crippen molar-refractivity contribution in [3.05, 3.63) is 41.2 Å². The molecule has 0 aromatic heterocycles. The molecule has 25 heavy (non-hydrogen) atoms. The Morgan fingerprint density at radius 2 is 2.08 bits per heavy atom. The summed E-state index contributed by atoms with van der Waals surface area (Å²) in [6.07, 6.45) is 4.04. The molecular weight excluding hydrogens is 323 g/mol. The van der Waals surface area contributed by atoms with Crippen molar-refractivity contribution in [3.8, 4) is 0 Å². The van der Waals surface area contributed by atoms with Crippen molar-refractivity contribution in [2.45, 2.75) is 38.1 Å². The number of anilines is 1. The molecule has 1 aliphatic carbocycles. The second-order valence-electron chi connectivity index (χ2n) is 6.49. The van der Waals surface area contributed by atoms with Crippen molar-refractivity contribution in [2.24, 2.45) is 0 Å². The molecule has 1 atom stereocenters. The van der Waals surface area contributed by atoms with Crippen LogP contribution in [0.4, 0.5) is 10.1 Å². The van der Waals surface area contributed by atoms with Gasteiger partial charge in [0.1, 0.15) is 5.82 Å². The quantitative estimate of drug-likeness (QED) is 0.862. The van der Waals surface area contributed by atoms with Gasteiger partial charge >= 0.3 is 0 Å². The van der Waals surface area contributed by atoms with Crippen LogP contribution in [0.1, 0.15) is 32.1 Å². The largest absolute Gasteiger partial charge is 0.383 e. The summed E-state index contributed by atoms with van der Waals surface area (Å²) < 4.78 is 18.1. The van der Waals surface area contributed by atoms with Crippen LogP contribution in [0.2, 0.25) is 0 Å². The molecule has 1 unspecified atom stereocenters. The number of fused-ring (bicyclic) bond motifs is 1. The van der Waals surface area contributed by atoms with E-state index in [1.165, 1.54) is 24.3 Å². The van der Waals surface area contributed by atoms with E-state index >= 15 is 0 Å². The zero-order chi connectivity index (χ0) is 17.8. The Labute approximate surface area is 146 Å². The number of halogens is 1. The number of amides is 2. The van der Waals surface area contributed by atoms with Gasteiger partial charge in [0, 0.05) is 24.9 Å². The first-order valence-corrected chi connectivity index (χ1v) is 8.67. The average Bonchev–Trinajstić information content (AvgIpc) is 2.87. The van der Waals surface area contributed by atoms with Gasteiger partial charge < -0.3 is 15.0 Å². The van der Waals surface area contributed by atoms with E-state index in [2.05, 4.69) is 5.32 Å². The monoisotopic (exact) mass is 346 g/mol. The van der Waals surface area contributed by atoms with E-state index < -0.39 is 0 Å². The molecule has 1 heterocycles. The van der Waals surface area contributed by atoms with Crippen LogP contribution in [0, 0.1) is 5.82 Å². The molecule has 0 bridgehead atoms. The van der Waals surface area contributed by atoms with Gasteiger partial charge in [-0.2, -0.15) is 0 Å². The van der Waals surface area contributed by atoms with E-state index in [-0.39, 0.29) is 30.1 Å². The maximum absolute atomic E-state index is 13.0. The first-order valence-electron chi connectivity index (χ1n) is 8.67. The van der Waals surface area contributed by atoms with Gasteiger partial charge in [-0.15, -0.1) is 0 Å². The number of nitrogens with zero attached hydrogens (tertiary/aromatic N) is 1. The average molecular weight is 346 g/mol. The summed E-state index contributed by atoms with van der Waals surface area (Å²) in [6, 6.07) is 5.72. The fourth-order valence-electron chi connectivity index (χ4n) is 3.68. The topological polar surface area (TPSA) is 58.6 Å². The lowest BCUT2D eigenvalue weighted by Crippen LogP contribution is -2.39. The predicted octanol–water partition coefficient (Wildman–Crippen LogP) is 2.88. The third kappa shape index (κ3) is 3.90. The van der Waals surface area contributed by atoms with Crippen LogP contribution in [0.3, 0.4) is 0 Å². The number of ether oxygens (including phenoxy) is 1. The molecule has 1 saturated carbocycles. The molecule has 0 spiro atoms. The zero-order valence-electron chi connectivity index (χ0n) is 14.4. The minimum absolute atomic E-state index is 0.0480. The summed E-state index contributed by atoms with van der Waals surface area (Å²) in [5.74, 6) is -0.652. The van der Waals surface area contributed by atoms with Gasteiger partial charge in [0.05, 0.1) is 19.1 Å². The molecule has 1 N–H and O–H groups in total. The van der Waals surface area contributed by atoms with Crippen molar-refractivity contribution in [1.29, 1.82) is 0 Å². The number of methoxy groups -OCH3 is 1. The minimum atomic E-state index is -0.354. The summed E-state index contributed by atoms with van der Waals surface area (Å²) in [5.41, 5.74) is 2.26. The summed E-state index contributed by atoms with van der Waals surface area (Å²) in [6.45, 7) is 1.04. The van der Waals surface area contributed by atoms with Gasteiger partial charge in [-0.05, 0) is 49.1 Å². The number of rotatable bonds is 6. The maximum atomic E-state index is 13.0. The molecule has 3 rings (SSSR count). The van der Waals surface area contributed by atoms with Crippen molar-refractivity contribution in [2.75, 3.05) is 25.6 Å². The number of carbonyl (C=O) groups is 2. The molecule has 1 aromatic carbocycles. The molecule has 2 aliphatic rings. The van der Waals surface area contributed by atoms with Crippen LogP contribution in [-0.2, 0) is 14.3 Å². The highest BCUT2D eigenvalue weighted by atomic mass is 19.1. The summed E-state index contributed by atoms with van der Waals surface area (Å²) in [4.78, 5) is 27.0. The Hall–Kier alpha value is -2.21. The SMILES string of the molecule is COCCN1C(=O)C(CC(=O)Nc2ccc(F)cc2)=C2CCCCC21. The van der Waals surface area contributed by atoms with E-state index in [1.54, 1.807) is 7.11 Å². The number of hydrogen-bond donors (Lipinski definition) is 1. The molecule has 2 amide bonds. The molecule has 6 heteroatoms. The third-order valence-corrected chi connectivity index (χ3v) is 4.86. The second kappa shape index (κ2) is 7.78. The summed E-state index contributed by atoms with van der Waals surface area (Å²) >= 11 is 0. The highest BCUT2D eigenvalue weighted by Crippen LogP contribution is 2.37. The third-order valence-electron chi connectivity index (χ3n) is 4.86. The molecule has 0 saturated heterocycles. The molecular formula is C19H23FN2O3. The van der Waals surface area contributed by atoms with Crippen LogP contribution < -0.4 is 5.32 Å². The van der Waals surface area contributed by atoms with Crippen LogP contribution in [0.25, 0.3) is 0 Å². The highest BCUT2D eigenvalue weighted by Gasteiger charge is 2.40. The first-order chi connectivity index (χ1) is 12.1. The summed E-state index contributed by atoms with van der Waals surface area (Å²) in [7, 11) is 1.62. The minimum Gasteiger partial charge on any atom is -0.383 e. The maximum Gasteiger partial charge on any atom is 0.250 e. The van der Waals surface area contributed by atoms with Crippen molar-refractivity contribution in [1.82, 2.24) is 4.90 Å². The van der Waals surface area contributed by atoms with Crippen LogP contribution in [0.15, 0.2) is 35.4 Å². The number of hydrogen-bond acceptors (Lipinski definition) is 3. The number of nitrogens with one attached hydrogen (secondary N) is 1. The smallest absolute Gasteiger partial charge is 0.250 e. The molecule has 1 aromatic rings. The van der Waals surface area contributed by atoms with Gasteiger partial charge in [-0.25, -0.2) is 4.39 Å². The normalized spacial score (nSPS) is 20.0. The van der Waals surface area contributed by atoms with Gasteiger partial charge in [0.15, 0.2) is 0 Å². The van der Waals surface area contributed by atoms with E-state index in [4.69, 9.17) is 4.74 Å². The van der Waals surface area contributed by atoms with Crippen molar-refractivity contribution in [3.63, 3.8) is 0 Å². The zero-order valence-corrected chi connectivity index (χ0v) is 14.4. The lowest BCUT2D eigenvalue weighted by molar-refractivity contribution is -0.129. The molecule has 0 radical (unpaired) electrons. The molecule has 1 aliphatic heterocycles. The van der Waals surface area contributed by atoms with E-state index in [0.29, 0.717) is 24.4 Å². The van der Waals surface area contributed by atoms with Crippen LogP contribution >= 0.6 is 0 Å². The van der Waals surface area contributed by atoms with Gasteiger partial charge in [-0.1, -0.05) is 6.42 Å². The second-order valence-corrected chi connectivity index (χ2v) is 6.49. The number of carbonyl (C=O) groups excluding carboxylic acids is 2. The van der Waals surface area contributed by atoms with Crippen molar-refractivity contribution >= 4 is 17.5 Å². The van der Waals surface area contributed by atoms with Gasteiger partial charge in [0.25, 0.3) is 5.91 Å². The molecule has 5 nitrogen and oxygen atoms in total. The van der Waals surface area contributed by atoms with Crippen LogP contribution in [0.5, 0.6) is 0 Å². The Bertz CT molecular complexity index is 684. The van der Waals surface area contributed by atoms with Gasteiger partial charge in [0.2, 0.25) is 5.91 Å². The Balaban J connectivity index is 1.71. The predicted molar refractivity (Wildman–Crippen MR) is 92.5 cm³/mol. The lowest BCUT2D eigenvalue weighted by atomic mass is 9.88. The van der Waals surface area contributed by atoms with Gasteiger partial charge in [-0.3, -0.25) is 9.59 Å². The van der Waals surface area contributed by atoms with Crippen molar-refractivity contribution < 1.29 is 18.7 Å². The first kappa shape index (κ1) is 17.6. The van der Waals surface area contributed by atoms with Crippen LogP contribution in [-0.4, -0.2) is 43.0 Å². The fraction of sp³-hybridized carbons (Fsp3) is 0.474. The Morgan fingerprint density at radius 3 is 2.80 bits per heavy atom. The van der Waals surface area contributed by atoms with E-state index in [1.807, 2.05) is 4.90 Å². The highest BCUT2D eigenvalue weighted by molar-refractivity contribution is 6.04. The van der Waals surface area contributed by atoms with E-state index in [9.17, 15) is 14.0 Å². The molecule has 134 valence electrons. The fourth-order valence-corrected chi connectivity index (χ4v) is 3.68. The lowest BCUT2D eigenvalue weighted by Gasteiger charge is -2.29. The van der Waals surface area contributed by atoms with E-state index in [0.717, 1.165) is 31.3 Å². The Kier molecular flexibility index (Phi) is 5.48. The standard InChI is InChI=1S/C19H23FN2O3/c1-25-11-10-22-17-5-3-2-4-15(17)16(19(22)24)12-18(23)21-14-8-6-13(20)7-9-14/h6-9,17H,2-5,10-12H2,1H3,(H,21,23). The number of benzene rings is 1. The Morgan fingerprint density at radius 1 is 1.32 bits per heavy atom. The summed E-state index contributed by atoms with van der Waals surface area (Å²) in [5, 5.41) is 2.73.